The minimum absolute atomic E-state index is 0.00150. The molecule has 3 atom stereocenters. The van der Waals surface area contributed by atoms with E-state index in [1.165, 1.54) is 12.1 Å². The number of carbonyl (C=O) groups excluding carboxylic acids is 2. The van der Waals surface area contributed by atoms with Crippen LogP contribution in [0.4, 0.5) is 9.18 Å². The third-order valence-corrected chi connectivity index (χ3v) is 3.81. The summed E-state index contributed by atoms with van der Waals surface area (Å²) in [6.07, 6.45) is 0.408. The first-order chi connectivity index (χ1) is 9.52. The van der Waals surface area contributed by atoms with E-state index < -0.39 is 17.8 Å². The Bertz CT molecular complexity index is 581. The van der Waals surface area contributed by atoms with Crippen LogP contribution in [0, 0.1) is 5.82 Å². The molecule has 106 valence electrons. The van der Waals surface area contributed by atoms with Crippen LogP contribution in [0.1, 0.15) is 23.2 Å². The average Bonchev–Trinajstić information content (AvgIpc) is 2.63. The number of alkyl carbamates (subject to hydrolysis) is 1. The normalized spacial score (nSPS) is 27.7. The van der Waals surface area contributed by atoms with E-state index in [9.17, 15) is 14.0 Å². The topological polar surface area (TPSA) is 67.4 Å². The Morgan fingerprint density at radius 2 is 2.25 bits per heavy atom. The number of rotatable bonds is 2. The van der Waals surface area contributed by atoms with Gasteiger partial charge in [0.1, 0.15) is 11.9 Å². The maximum absolute atomic E-state index is 13.7. The van der Waals surface area contributed by atoms with Gasteiger partial charge in [0.25, 0.3) is 5.91 Å². The molecule has 1 aliphatic carbocycles. The van der Waals surface area contributed by atoms with E-state index in [4.69, 9.17) is 16.3 Å². The van der Waals surface area contributed by atoms with Crippen molar-refractivity contribution in [2.24, 2.45) is 0 Å². The first-order valence-corrected chi connectivity index (χ1v) is 6.64. The Morgan fingerprint density at radius 1 is 1.45 bits per heavy atom. The molecule has 1 heterocycles. The number of amides is 2. The molecule has 3 rings (SSSR count). The summed E-state index contributed by atoms with van der Waals surface area (Å²) >= 11 is 5.64. The number of halogens is 2. The van der Waals surface area contributed by atoms with Crippen LogP contribution >= 0.6 is 11.6 Å². The second-order valence-electron chi connectivity index (χ2n) is 4.96. The molecule has 2 amide bonds. The number of nitrogens with one attached hydrogen (secondary N) is 2. The van der Waals surface area contributed by atoms with Crippen LogP contribution < -0.4 is 10.6 Å². The molecule has 2 N–H and O–H groups in total. The van der Waals surface area contributed by atoms with Crippen molar-refractivity contribution in [3.05, 3.63) is 34.6 Å². The van der Waals surface area contributed by atoms with Crippen molar-refractivity contribution in [3.63, 3.8) is 0 Å². The zero-order valence-electron chi connectivity index (χ0n) is 10.4. The molecule has 5 nitrogen and oxygen atoms in total. The molecule has 1 aromatic carbocycles. The van der Waals surface area contributed by atoms with Gasteiger partial charge in [-0.05, 0) is 24.6 Å². The maximum atomic E-state index is 13.7. The predicted octanol–water partition coefficient (Wildman–Crippen LogP) is 1.85. The third kappa shape index (κ3) is 2.43. The zero-order valence-corrected chi connectivity index (χ0v) is 11.1. The van der Waals surface area contributed by atoms with Crippen LogP contribution in [0.15, 0.2) is 18.2 Å². The lowest BCUT2D eigenvalue weighted by Gasteiger charge is -2.22. The molecule has 1 saturated carbocycles. The van der Waals surface area contributed by atoms with Crippen molar-refractivity contribution in [2.45, 2.75) is 31.0 Å². The summed E-state index contributed by atoms with van der Waals surface area (Å²) in [7, 11) is 0. The summed E-state index contributed by atoms with van der Waals surface area (Å²) in [5.41, 5.74) is -0.0740. The van der Waals surface area contributed by atoms with E-state index in [0.29, 0.717) is 12.8 Å². The van der Waals surface area contributed by atoms with Gasteiger partial charge in [0, 0.05) is 17.5 Å². The van der Waals surface area contributed by atoms with E-state index in [2.05, 4.69) is 10.6 Å². The Balaban J connectivity index is 1.72. The monoisotopic (exact) mass is 298 g/mol. The van der Waals surface area contributed by atoms with Crippen molar-refractivity contribution in [1.29, 1.82) is 0 Å². The smallest absolute Gasteiger partial charge is 0.407 e. The summed E-state index contributed by atoms with van der Waals surface area (Å²) in [6, 6.07) is 3.57. The van der Waals surface area contributed by atoms with Crippen LogP contribution in [0.3, 0.4) is 0 Å². The number of hydrogen-bond donors (Lipinski definition) is 2. The van der Waals surface area contributed by atoms with Gasteiger partial charge in [-0.25, -0.2) is 9.18 Å². The van der Waals surface area contributed by atoms with Gasteiger partial charge in [0.2, 0.25) is 0 Å². The van der Waals surface area contributed by atoms with E-state index in [1.807, 2.05) is 0 Å². The molecule has 2 aliphatic rings. The fourth-order valence-electron chi connectivity index (χ4n) is 2.66. The quantitative estimate of drug-likeness (QED) is 0.875. The molecule has 0 spiro atoms. The van der Waals surface area contributed by atoms with Crippen molar-refractivity contribution in [1.82, 2.24) is 10.6 Å². The summed E-state index contributed by atoms with van der Waals surface area (Å²) in [5, 5.41) is 5.60. The van der Waals surface area contributed by atoms with Crippen LogP contribution in [-0.4, -0.2) is 30.2 Å². The van der Waals surface area contributed by atoms with Gasteiger partial charge in [0.05, 0.1) is 11.6 Å². The van der Waals surface area contributed by atoms with Gasteiger partial charge >= 0.3 is 6.09 Å². The Hall–Kier alpha value is -1.82. The van der Waals surface area contributed by atoms with E-state index in [-0.39, 0.29) is 28.8 Å². The molecular formula is C13H12ClFN2O3. The lowest BCUT2D eigenvalue weighted by molar-refractivity contribution is 0.0658. The molecule has 2 fully saturated rings. The lowest BCUT2D eigenvalue weighted by Crippen LogP contribution is -2.44. The van der Waals surface area contributed by atoms with Gasteiger partial charge in [-0.2, -0.15) is 0 Å². The largest absolute Gasteiger partial charge is 0.444 e. The van der Waals surface area contributed by atoms with Gasteiger partial charge in [0.15, 0.2) is 0 Å². The number of ether oxygens (including phenoxy) is 1. The number of fused-ring (bicyclic) bond motifs is 2. The van der Waals surface area contributed by atoms with Crippen LogP contribution in [-0.2, 0) is 4.74 Å². The van der Waals surface area contributed by atoms with E-state index >= 15 is 0 Å². The molecule has 0 aromatic heterocycles. The molecule has 0 unspecified atom stereocenters. The Morgan fingerprint density at radius 3 is 3.00 bits per heavy atom. The number of benzene rings is 1. The number of carbonyl (C=O) groups is 2. The standard InChI is InChI=1S/C13H12ClFN2O3/c14-6-1-2-8(9(15)3-6)12(18)17-10-4-7-5-11(10)20-13(19)16-7/h1-3,7,10-11H,4-5H2,(H,16,19)(H,17,18)/t7-,10-,11-/m1/s1. The van der Waals surface area contributed by atoms with Crippen molar-refractivity contribution in [3.8, 4) is 0 Å². The zero-order chi connectivity index (χ0) is 14.3. The first kappa shape index (κ1) is 13.2. The summed E-state index contributed by atoms with van der Waals surface area (Å²) in [5.74, 6) is -1.21. The molecular weight excluding hydrogens is 287 g/mol. The molecule has 1 aliphatic heterocycles. The van der Waals surface area contributed by atoms with Crippen LogP contribution in [0.2, 0.25) is 5.02 Å². The van der Waals surface area contributed by atoms with Gasteiger partial charge in [-0.3, -0.25) is 4.79 Å². The van der Waals surface area contributed by atoms with Crippen molar-refractivity contribution < 1.29 is 18.7 Å². The van der Waals surface area contributed by atoms with E-state index in [1.54, 1.807) is 0 Å². The summed E-state index contributed by atoms with van der Waals surface area (Å²) in [6.45, 7) is 0. The van der Waals surface area contributed by atoms with Crippen LogP contribution in [0.25, 0.3) is 0 Å². The minimum atomic E-state index is -0.675. The third-order valence-electron chi connectivity index (χ3n) is 3.58. The molecule has 0 radical (unpaired) electrons. The lowest BCUT2D eigenvalue weighted by atomic mass is 10.1. The minimum Gasteiger partial charge on any atom is -0.444 e. The van der Waals surface area contributed by atoms with Crippen molar-refractivity contribution >= 4 is 23.6 Å². The molecule has 20 heavy (non-hydrogen) atoms. The molecule has 1 saturated heterocycles. The Kier molecular flexibility index (Phi) is 3.25. The highest BCUT2D eigenvalue weighted by Gasteiger charge is 2.42. The molecule has 2 bridgehead atoms. The highest BCUT2D eigenvalue weighted by Crippen LogP contribution is 2.27. The first-order valence-electron chi connectivity index (χ1n) is 6.26. The second-order valence-corrected chi connectivity index (χ2v) is 5.40. The average molecular weight is 299 g/mol. The Labute approximate surface area is 119 Å². The fourth-order valence-corrected chi connectivity index (χ4v) is 2.82. The highest BCUT2D eigenvalue weighted by atomic mass is 35.5. The maximum Gasteiger partial charge on any atom is 0.407 e. The van der Waals surface area contributed by atoms with Gasteiger partial charge < -0.3 is 15.4 Å². The van der Waals surface area contributed by atoms with Crippen molar-refractivity contribution in [2.75, 3.05) is 0 Å². The number of hydrogen-bond acceptors (Lipinski definition) is 3. The SMILES string of the molecule is O=C1N[C@@H]2C[C@@H](NC(=O)c3ccc(Cl)cc3F)[C@@H](C2)O1. The fraction of sp³-hybridized carbons (Fsp3) is 0.385. The summed E-state index contributed by atoms with van der Waals surface area (Å²) in [4.78, 5) is 23.2. The van der Waals surface area contributed by atoms with Gasteiger partial charge in [-0.15, -0.1) is 0 Å². The predicted molar refractivity (Wildman–Crippen MR) is 69.1 cm³/mol. The second kappa shape index (κ2) is 4.94. The van der Waals surface area contributed by atoms with Gasteiger partial charge in [-0.1, -0.05) is 11.6 Å². The van der Waals surface area contributed by atoms with E-state index in [0.717, 1.165) is 6.07 Å². The van der Waals surface area contributed by atoms with Crippen LogP contribution in [0.5, 0.6) is 0 Å². The molecule has 1 aromatic rings. The highest BCUT2D eigenvalue weighted by molar-refractivity contribution is 6.30. The molecule has 7 heteroatoms. The summed E-state index contributed by atoms with van der Waals surface area (Å²) < 4.78 is 18.8.